The Morgan fingerprint density at radius 1 is 1.62 bits per heavy atom. The van der Waals surface area contributed by atoms with E-state index in [1.165, 1.54) is 10.3 Å². The molecule has 2 rings (SSSR count). The molecule has 0 spiro atoms. The number of rotatable bonds is 5. The number of pyridine rings is 1. The van der Waals surface area contributed by atoms with Crippen molar-refractivity contribution in [3.63, 3.8) is 0 Å². The van der Waals surface area contributed by atoms with Crippen molar-refractivity contribution in [2.45, 2.75) is 19.4 Å². The second-order valence-electron chi connectivity index (χ2n) is 3.83. The van der Waals surface area contributed by atoms with Crippen LogP contribution in [0.5, 0.6) is 0 Å². The molecular weight excluding hydrogens is 216 g/mol. The van der Waals surface area contributed by atoms with Crippen molar-refractivity contribution >= 4 is 21.6 Å². The quantitative estimate of drug-likeness (QED) is 0.630. The minimum absolute atomic E-state index is 0.346. The Bertz CT molecular complexity index is 475. The van der Waals surface area contributed by atoms with Crippen molar-refractivity contribution in [3.8, 4) is 0 Å². The molecule has 0 fully saturated rings. The van der Waals surface area contributed by atoms with Gasteiger partial charge >= 0.3 is 0 Å². The van der Waals surface area contributed by atoms with E-state index in [1.807, 2.05) is 12.3 Å². The number of nitrogens with zero attached hydrogens (tertiary/aromatic N) is 1. The number of fused-ring (bicyclic) bond motifs is 1. The van der Waals surface area contributed by atoms with Gasteiger partial charge in [0.05, 0.1) is 10.2 Å². The van der Waals surface area contributed by atoms with Crippen LogP contribution in [0.1, 0.15) is 24.9 Å². The zero-order valence-electron chi connectivity index (χ0n) is 9.44. The monoisotopic (exact) mass is 232 g/mol. The first kappa shape index (κ1) is 11.3. The molecule has 0 aliphatic rings. The van der Waals surface area contributed by atoms with Crippen LogP contribution in [0.15, 0.2) is 36.4 Å². The van der Waals surface area contributed by atoms with Crippen LogP contribution < -0.4 is 5.32 Å². The van der Waals surface area contributed by atoms with Gasteiger partial charge < -0.3 is 5.32 Å². The van der Waals surface area contributed by atoms with Crippen LogP contribution in [-0.4, -0.2) is 11.5 Å². The van der Waals surface area contributed by atoms with Crippen molar-refractivity contribution in [3.05, 3.63) is 41.9 Å². The zero-order valence-corrected chi connectivity index (χ0v) is 10.3. The Labute approximate surface area is 100 Å². The first-order valence-corrected chi connectivity index (χ1v) is 6.36. The molecule has 84 valence electrons. The third-order valence-corrected chi connectivity index (χ3v) is 3.48. The van der Waals surface area contributed by atoms with Gasteiger partial charge in [0.1, 0.15) is 0 Å². The molecule has 0 radical (unpaired) electrons. The Morgan fingerprint density at radius 2 is 2.50 bits per heavy atom. The lowest BCUT2D eigenvalue weighted by atomic mass is 10.1. The average molecular weight is 232 g/mol. The molecule has 0 aliphatic heterocycles. The third-order valence-electron chi connectivity index (χ3n) is 2.62. The van der Waals surface area contributed by atoms with Crippen LogP contribution in [0.25, 0.3) is 10.2 Å². The molecule has 0 saturated heterocycles. The highest BCUT2D eigenvalue weighted by molar-refractivity contribution is 7.17. The van der Waals surface area contributed by atoms with Gasteiger partial charge in [0, 0.05) is 12.2 Å². The summed E-state index contributed by atoms with van der Waals surface area (Å²) in [6, 6.07) is 4.62. The molecule has 1 N–H and O–H groups in total. The summed E-state index contributed by atoms with van der Waals surface area (Å²) < 4.78 is 1.26. The highest BCUT2D eigenvalue weighted by atomic mass is 32.1. The smallest absolute Gasteiger partial charge is 0.0809 e. The molecule has 0 aliphatic carbocycles. The first-order chi connectivity index (χ1) is 7.81. The fourth-order valence-corrected chi connectivity index (χ4v) is 2.41. The molecule has 0 saturated carbocycles. The molecule has 2 aromatic rings. The van der Waals surface area contributed by atoms with E-state index in [9.17, 15) is 0 Å². The van der Waals surface area contributed by atoms with Crippen molar-refractivity contribution in [1.29, 1.82) is 0 Å². The number of hydrogen-bond donors (Lipinski definition) is 1. The van der Waals surface area contributed by atoms with Gasteiger partial charge in [-0.15, -0.1) is 17.9 Å². The van der Waals surface area contributed by atoms with E-state index in [0.717, 1.165) is 18.5 Å². The fourth-order valence-electron chi connectivity index (χ4n) is 1.62. The van der Waals surface area contributed by atoms with Gasteiger partial charge in [-0.05, 0) is 43.0 Å². The lowest BCUT2D eigenvalue weighted by Crippen LogP contribution is -2.19. The summed E-state index contributed by atoms with van der Waals surface area (Å²) in [5.41, 5.74) is 2.34. The molecule has 16 heavy (non-hydrogen) atoms. The molecule has 1 unspecified atom stereocenters. The summed E-state index contributed by atoms with van der Waals surface area (Å²) >= 11 is 1.74. The number of aromatic nitrogens is 1. The van der Waals surface area contributed by atoms with E-state index >= 15 is 0 Å². The summed E-state index contributed by atoms with van der Waals surface area (Å²) in [6.45, 7) is 6.85. The average Bonchev–Trinajstić information content (AvgIpc) is 2.76. The van der Waals surface area contributed by atoms with E-state index < -0.39 is 0 Å². The van der Waals surface area contributed by atoms with Crippen molar-refractivity contribution in [2.24, 2.45) is 0 Å². The van der Waals surface area contributed by atoms with E-state index in [-0.39, 0.29) is 0 Å². The summed E-state index contributed by atoms with van der Waals surface area (Å²) in [4.78, 5) is 4.44. The maximum absolute atomic E-state index is 4.44. The van der Waals surface area contributed by atoms with Crippen molar-refractivity contribution in [1.82, 2.24) is 10.3 Å². The predicted molar refractivity (Wildman–Crippen MR) is 70.9 cm³/mol. The maximum Gasteiger partial charge on any atom is 0.0809 e. The largest absolute Gasteiger partial charge is 0.310 e. The summed E-state index contributed by atoms with van der Waals surface area (Å²) in [5.74, 6) is 0. The van der Waals surface area contributed by atoms with Crippen molar-refractivity contribution < 1.29 is 0 Å². The molecule has 2 heterocycles. The molecule has 0 bridgehead atoms. The van der Waals surface area contributed by atoms with Gasteiger partial charge in [0.2, 0.25) is 0 Å². The topological polar surface area (TPSA) is 24.9 Å². The highest BCUT2D eigenvalue weighted by Gasteiger charge is 2.06. The predicted octanol–water partition coefficient (Wildman–Crippen LogP) is 3.52. The molecule has 0 aromatic carbocycles. The maximum atomic E-state index is 4.44. The molecule has 2 nitrogen and oxygen atoms in total. The van der Waals surface area contributed by atoms with Crippen LogP contribution in [0.3, 0.4) is 0 Å². The van der Waals surface area contributed by atoms with Crippen LogP contribution in [-0.2, 0) is 0 Å². The summed E-state index contributed by atoms with van der Waals surface area (Å²) in [5, 5.41) is 5.53. The Kier molecular flexibility index (Phi) is 3.70. The second kappa shape index (κ2) is 5.23. The molecule has 0 amide bonds. The first-order valence-electron chi connectivity index (χ1n) is 5.48. The van der Waals surface area contributed by atoms with Gasteiger partial charge in [-0.2, -0.15) is 0 Å². The number of hydrogen-bond acceptors (Lipinski definition) is 3. The Morgan fingerprint density at radius 3 is 3.31 bits per heavy atom. The van der Waals surface area contributed by atoms with Crippen LogP contribution in [0.2, 0.25) is 0 Å². The number of nitrogens with one attached hydrogen (secondary N) is 1. The van der Waals surface area contributed by atoms with Crippen LogP contribution in [0.4, 0.5) is 0 Å². The van der Waals surface area contributed by atoms with E-state index in [4.69, 9.17) is 0 Å². The van der Waals surface area contributed by atoms with Gasteiger partial charge in [-0.1, -0.05) is 6.08 Å². The van der Waals surface area contributed by atoms with Gasteiger partial charge in [-0.3, -0.25) is 4.98 Å². The highest BCUT2D eigenvalue weighted by Crippen LogP contribution is 2.22. The van der Waals surface area contributed by atoms with E-state index in [2.05, 4.69) is 41.3 Å². The lowest BCUT2D eigenvalue weighted by Gasteiger charge is -2.13. The summed E-state index contributed by atoms with van der Waals surface area (Å²) in [6.07, 6.45) is 4.89. The van der Waals surface area contributed by atoms with Crippen molar-refractivity contribution in [2.75, 3.05) is 6.54 Å². The summed E-state index contributed by atoms with van der Waals surface area (Å²) in [7, 11) is 0. The van der Waals surface area contributed by atoms with E-state index in [0.29, 0.717) is 6.04 Å². The van der Waals surface area contributed by atoms with Crippen LogP contribution >= 0.6 is 11.3 Å². The molecule has 1 atom stereocenters. The van der Waals surface area contributed by atoms with E-state index in [1.54, 1.807) is 11.3 Å². The van der Waals surface area contributed by atoms with Gasteiger partial charge in [0.15, 0.2) is 0 Å². The third kappa shape index (κ3) is 2.49. The molecular formula is C13H16N2S. The molecule has 3 heteroatoms. The fraction of sp³-hybridized carbons (Fsp3) is 0.308. The number of thiophene rings is 1. The minimum Gasteiger partial charge on any atom is -0.310 e. The van der Waals surface area contributed by atoms with Gasteiger partial charge in [0.25, 0.3) is 0 Å². The molecule has 2 aromatic heterocycles. The normalized spacial score (nSPS) is 12.8. The Balaban J connectivity index is 2.09. The Hall–Kier alpha value is -1.19. The minimum atomic E-state index is 0.346. The van der Waals surface area contributed by atoms with Crippen LogP contribution in [0, 0.1) is 0 Å². The SMILES string of the molecule is C=CCCNC(C)c1cnc2ccsc2c1. The lowest BCUT2D eigenvalue weighted by molar-refractivity contribution is 0.580. The second-order valence-corrected chi connectivity index (χ2v) is 4.77. The zero-order chi connectivity index (χ0) is 11.4. The van der Waals surface area contributed by atoms with Gasteiger partial charge in [-0.25, -0.2) is 0 Å². The standard InChI is InChI=1S/C13H16N2S/c1-3-4-6-14-10(2)11-8-13-12(15-9-11)5-7-16-13/h3,5,7-10,14H,1,4,6H2,2H3.